The van der Waals surface area contributed by atoms with Crippen LogP contribution in [0.15, 0.2) is 364 Å². The molecule has 4 saturated heterocycles. The molecule has 0 saturated carbocycles. The van der Waals surface area contributed by atoms with E-state index in [-0.39, 0.29) is 106 Å². The molecule has 0 aromatic heterocycles. The lowest BCUT2D eigenvalue weighted by Crippen LogP contribution is -2.69. The molecule has 0 spiro atoms. The largest absolute Gasteiger partial charge is 0.387 e. The highest BCUT2D eigenvalue weighted by Crippen LogP contribution is 2.42. The van der Waals surface area contributed by atoms with Crippen LogP contribution in [0.25, 0.3) is 0 Å². The molecule has 672 valence electrons. The molecule has 1 unspecified atom stereocenters. The second-order valence-electron chi connectivity index (χ2n) is 32.6. The number of aliphatic hydroxyl groups excluding tert-OH is 2. The van der Waals surface area contributed by atoms with Crippen LogP contribution in [0.5, 0.6) is 0 Å². The van der Waals surface area contributed by atoms with Gasteiger partial charge in [0.2, 0.25) is 0 Å². The van der Waals surface area contributed by atoms with Gasteiger partial charge in [0.25, 0.3) is 0 Å². The van der Waals surface area contributed by atoms with Crippen molar-refractivity contribution in [1.82, 2.24) is 0 Å². The Bertz CT molecular complexity index is 5070. The summed E-state index contributed by atoms with van der Waals surface area (Å²) < 4.78 is 139. The molecule has 4 aliphatic rings. The van der Waals surface area contributed by atoms with E-state index in [1.807, 2.05) is 364 Å². The van der Waals surface area contributed by atoms with Crippen LogP contribution in [-0.2, 0) is 169 Å². The molecule has 129 heavy (non-hydrogen) atoms. The molecule has 0 radical (unpaired) electrons. The number of aliphatic hydroxyl groups is 2. The maximum Gasteiger partial charge on any atom is 0.187 e. The van der Waals surface area contributed by atoms with E-state index >= 15 is 0 Å². The minimum absolute atomic E-state index is 0.0162. The Kier molecular flexibility index (Phi) is 35.1. The minimum Gasteiger partial charge on any atom is -0.387 e. The van der Waals surface area contributed by atoms with Crippen molar-refractivity contribution >= 4 is 0 Å². The van der Waals surface area contributed by atoms with E-state index in [0.717, 1.165) is 66.8 Å². The molecule has 4 aliphatic heterocycles. The van der Waals surface area contributed by atoms with Crippen molar-refractivity contribution in [3.8, 4) is 0 Å². The van der Waals surface area contributed by atoms with E-state index in [1.165, 1.54) is 0 Å². The van der Waals surface area contributed by atoms with Crippen molar-refractivity contribution in [2.75, 3.05) is 26.4 Å². The van der Waals surface area contributed by atoms with Crippen LogP contribution < -0.4 is 0 Å². The molecule has 12 aromatic rings. The summed E-state index contributed by atoms with van der Waals surface area (Å²) >= 11 is 0. The summed E-state index contributed by atoms with van der Waals surface area (Å²) in [5, 5.41) is 25.6. The monoisotopic (exact) mass is 1750 g/mol. The van der Waals surface area contributed by atoms with Crippen LogP contribution in [0.4, 0.5) is 0 Å². The standard InChI is InChI=1S/C108H114O21/c109-93-89(73-111-61-77-37-13-1-14-38-77)124-106(102(120-70-86-55-31-10-32-56-86)97(93)115-65-81-45-21-5-22-46-81)128-95-91(75-113-63-79-41-17-3-18-42-79)126-108(104(122-72-88-59-35-12-36-60-88)99(95)117-67-83-49-25-7-26-50-83)129-96-92(76-114-64-80-43-19-4-20-44-80)125-107(103(121-71-87-57-33-11-34-58-87)100(96)118-68-84-51-27-8-28-52-84)127-94-90(74-112-62-78-39-15-2-16-40-78)123-105(110)101(119-69-85-53-29-9-30-54-85)98(94)116-66-82-47-23-6-24-48-82/h1-60,89-110H,61-76H2/t89-,90-,91-,92-,93-,94-,95-,96-,97+,98+,99+,100+,101-,102-,103-,104-,105?,106-,107-,108-/m1/s1. The Morgan fingerprint density at radius 3 is 0.581 bits per heavy atom. The third-order valence-corrected chi connectivity index (χ3v) is 23.1. The molecule has 0 aliphatic carbocycles. The zero-order valence-electron chi connectivity index (χ0n) is 72.2. The molecule has 21 nitrogen and oxygen atoms in total. The first kappa shape index (κ1) is 92.1. The molecule has 0 amide bonds. The van der Waals surface area contributed by atoms with Crippen molar-refractivity contribution in [2.24, 2.45) is 0 Å². The van der Waals surface area contributed by atoms with Crippen molar-refractivity contribution < 1.29 is 100 Å². The zero-order chi connectivity index (χ0) is 87.7. The van der Waals surface area contributed by atoms with Gasteiger partial charge in [-0.1, -0.05) is 364 Å². The molecule has 12 aromatic carbocycles. The summed E-state index contributed by atoms with van der Waals surface area (Å²) in [6.07, 6.45) is -24.4. The fraction of sp³-hybridized carbons (Fsp3) is 0.333. The molecule has 16 rings (SSSR count). The number of rotatable bonds is 46. The van der Waals surface area contributed by atoms with Crippen LogP contribution in [0.3, 0.4) is 0 Å². The maximum absolute atomic E-state index is 13.0. The van der Waals surface area contributed by atoms with E-state index in [1.54, 1.807) is 0 Å². The summed E-state index contributed by atoms with van der Waals surface area (Å²) in [5.41, 5.74) is 10.4. The summed E-state index contributed by atoms with van der Waals surface area (Å²) in [4.78, 5) is 0. The van der Waals surface area contributed by atoms with Gasteiger partial charge in [0.1, 0.15) is 97.7 Å². The van der Waals surface area contributed by atoms with Gasteiger partial charge in [0.05, 0.1) is 106 Å². The van der Waals surface area contributed by atoms with Gasteiger partial charge in [0.15, 0.2) is 25.2 Å². The third kappa shape index (κ3) is 27.0. The molecule has 20 atom stereocenters. The van der Waals surface area contributed by atoms with Gasteiger partial charge in [-0.05, 0) is 66.8 Å². The predicted octanol–water partition coefficient (Wildman–Crippen LogP) is 16.9. The Hall–Kier alpha value is -10.2. The van der Waals surface area contributed by atoms with E-state index in [2.05, 4.69) is 0 Å². The average molecular weight is 1750 g/mol. The van der Waals surface area contributed by atoms with Crippen molar-refractivity contribution in [2.45, 2.75) is 202 Å². The summed E-state index contributed by atoms with van der Waals surface area (Å²) in [7, 11) is 0. The fourth-order valence-electron chi connectivity index (χ4n) is 16.4. The smallest absolute Gasteiger partial charge is 0.187 e. The van der Waals surface area contributed by atoms with Gasteiger partial charge < -0.3 is 100 Å². The second kappa shape index (κ2) is 49.2. The highest BCUT2D eigenvalue weighted by Gasteiger charge is 2.59. The summed E-state index contributed by atoms with van der Waals surface area (Å²) in [6, 6.07) is 118. The molecule has 21 heteroatoms. The first-order valence-corrected chi connectivity index (χ1v) is 44.5. The number of hydrogen-bond acceptors (Lipinski definition) is 21. The molecule has 0 bridgehead atoms. The number of ether oxygens (including phenoxy) is 19. The van der Waals surface area contributed by atoms with E-state index in [9.17, 15) is 10.2 Å². The SMILES string of the molecule is OC1O[C@H](COCc2ccccc2)[C@@H](O[C@H]2O[C@H](COCc3ccccc3)[C@@H](O[C@H]3O[C@H](COCc4ccccc4)[C@@H](O[C@H]4O[C@H](COCc5ccccc5)[C@@H](O)[C@H](OCc5ccccc5)[C@H]4OCc4ccccc4)[C@H](OCc4ccccc4)[C@H]3OCc3ccccc3)[C@H](OCc3ccccc3)[C@H]2OCc2ccccc2)[C@H](OCc2ccccc2)[C@H]1OCc1ccccc1. The van der Waals surface area contributed by atoms with Gasteiger partial charge in [-0.2, -0.15) is 0 Å². The van der Waals surface area contributed by atoms with Gasteiger partial charge in [-0.3, -0.25) is 0 Å². The third-order valence-electron chi connectivity index (χ3n) is 23.1. The van der Waals surface area contributed by atoms with Gasteiger partial charge >= 0.3 is 0 Å². The molecule has 4 fully saturated rings. The van der Waals surface area contributed by atoms with Crippen LogP contribution in [0.2, 0.25) is 0 Å². The van der Waals surface area contributed by atoms with Crippen LogP contribution in [-0.4, -0.2) is 159 Å². The second-order valence-corrected chi connectivity index (χ2v) is 32.6. The topological polar surface area (TPSA) is 216 Å². The van der Waals surface area contributed by atoms with Gasteiger partial charge in [-0.25, -0.2) is 0 Å². The Morgan fingerprint density at radius 1 is 0.171 bits per heavy atom. The van der Waals surface area contributed by atoms with Crippen LogP contribution >= 0.6 is 0 Å². The van der Waals surface area contributed by atoms with E-state index in [4.69, 9.17) is 90.0 Å². The van der Waals surface area contributed by atoms with Crippen molar-refractivity contribution in [1.29, 1.82) is 0 Å². The first-order valence-electron chi connectivity index (χ1n) is 44.5. The quantitative estimate of drug-likeness (QED) is 0.0363. The normalized spacial score (nSPS) is 25.8. The average Bonchev–Trinajstić information content (AvgIpc) is 0.756. The Morgan fingerprint density at radius 2 is 0.341 bits per heavy atom. The first-order chi connectivity index (χ1) is 63.8. The highest BCUT2D eigenvalue weighted by atomic mass is 16.8. The van der Waals surface area contributed by atoms with E-state index < -0.39 is 123 Å². The molecular weight excluding hydrogens is 1630 g/mol. The minimum atomic E-state index is -1.54. The Balaban J connectivity index is 0.831. The Labute approximate surface area is 755 Å². The van der Waals surface area contributed by atoms with Crippen LogP contribution in [0, 0.1) is 0 Å². The number of hydrogen-bond donors (Lipinski definition) is 2. The van der Waals surface area contributed by atoms with Crippen molar-refractivity contribution in [3.63, 3.8) is 0 Å². The molecule has 4 heterocycles. The maximum atomic E-state index is 13.0. The highest BCUT2D eigenvalue weighted by molar-refractivity contribution is 5.23. The lowest BCUT2D eigenvalue weighted by molar-refractivity contribution is -0.402. The number of benzene rings is 12. The van der Waals surface area contributed by atoms with Crippen molar-refractivity contribution in [3.05, 3.63) is 431 Å². The molecule has 2 N–H and O–H groups in total. The summed E-state index contributed by atoms with van der Waals surface area (Å²) in [6.45, 7) is 0.734. The van der Waals surface area contributed by atoms with Crippen LogP contribution in [0.1, 0.15) is 66.8 Å². The van der Waals surface area contributed by atoms with Gasteiger partial charge in [0, 0.05) is 0 Å². The molecular formula is C108H114O21. The van der Waals surface area contributed by atoms with E-state index in [0.29, 0.717) is 0 Å². The predicted molar refractivity (Wildman–Crippen MR) is 482 cm³/mol. The lowest BCUT2D eigenvalue weighted by atomic mass is 9.94. The van der Waals surface area contributed by atoms with Gasteiger partial charge in [-0.15, -0.1) is 0 Å². The lowest BCUT2D eigenvalue weighted by Gasteiger charge is -2.52. The summed E-state index contributed by atoms with van der Waals surface area (Å²) in [5.74, 6) is 0. The zero-order valence-corrected chi connectivity index (χ0v) is 72.2. The fourth-order valence-corrected chi connectivity index (χ4v) is 16.4.